The minimum atomic E-state index is -5.08. The van der Waals surface area contributed by atoms with Gasteiger partial charge >= 0.3 is 12.1 Å². The van der Waals surface area contributed by atoms with Crippen molar-refractivity contribution in [1.29, 1.82) is 0 Å². The summed E-state index contributed by atoms with van der Waals surface area (Å²) in [6.45, 7) is 6.48. The maximum Gasteiger partial charge on any atom is 0.490 e. The molecule has 1 aliphatic heterocycles. The number of hydrogen-bond acceptors (Lipinski definition) is 4. The highest BCUT2D eigenvalue weighted by Gasteiger charge is 2.38. The maximum absolute atomic E-state index is 13.4. The van der Waals surface area contributed by atoms with Gasteiger partial charge in [-0.15, -0.1) is 0 Å². The fraction of sp³-hybridized carbons (Fsp3) is 0.462. The molecule has 1 saturated heterocycles. The summed E-state index contributed by atoms with van der Waals surface area (Å²) in [5.41, 5.74) is 1.91. The van der Waals surface area contributed by atoms with Gasteiger partial charge in [0.2, 0.25) is 5.91 Å². The standard InChI is InChI=1S/C24H30Cl2N2O2.C2HF3O2/c1-17(2)30-22-8-4-18(5-9-22)14-24(29)28(21-10-12-27(3)13-11-21)16-19-6-7-20(25)15-23(19)26;3-2(4,5)1(6)7/h4-9,15,17,21H,10-14,16H2,1-3H3;(H,6,7). The molecule has 0 aliphatic carbocycles. The topological polar surface area (TPSA) is 70.1 Å². The zero-order valence-electron chi connectivity index (χ0n) is 20.9. The molecule has 1 N–H and O–H groups in total. The van der Waals surface area contributed by atoms with Gasteiger partial charge in [0.1, 0.15) is 5.75 Å². The number of rotatable bonds is 7. The van der Waals surface area contributed by atoms with Crippen molar-refractivity contribution in [2.24, 2.45) is 0 Å². The number of hydrogen-bond donors (Lipinski definition) is 1. The first-order valence-electron chi connectivity index (χ1n) is 11.7. The van der Waals surface area contributed by atoms with Crippen LogP contribution in [0.5, 0.6) is 5.75 Å². The number of amides is 1. The van der Waals surface area contributed by atoms with Crippen LogP contribution in [0.15, 0.2) is 42.5 Å². The van der Waals surface area contributed by atoms with Crippen molar-refractivity contribution in [3.8, 4) is 5.75 Å². The van der Waals surface area contributed by atoms with Crippen molar-refractivity contribution in [2.75, 3.05) is 20.1 Å². The van der Waals surface area contributed by atoms with E-state index in [1.165, 1.54) is 0 Å². The minimum Gasteiger partial charge on any atom is -0.491 e. The van der Waals surface area contributed by atoms with Crippen LogP contribution in [-0.2, 0) is 22.6 Å². The number of benzene rings is 2. The van der Waals surface area contributed by atoms with Gasteiger partial charge in [-0.25, -0.2) is 4.79 Å². The van der Waals surface area contributed by atoms with E-state index in [1.54, 1.807) is 6.07 Å². The lowest BCUT2D eigenvalue weighted by atomic mass is 10.0. The van der Waals surface area contributed by atoms with Gasteiger partial charge in [0.25, 0.3) is 0 Å². The second kappa shape index (κ2) is 13.9. The molecule has 11 heteroatoms. The zero-order valence-corrected chi connectivity index (χ0v) is 22.4. The molecule has 0 saturated carbocycles. The zero-order chi connectivity index (χ0) is 27.8. The van der Waals surface area contributed by atoms with E-state index in [1.807, 2.05) is 55.1 Å². The largest absolute Gasteiger partial charge is 0.491 e. The molecular weight excluding hydrogens is 532 g/mol. The van der Waals surface area contributed by atoms with Gasteiger partial charge in [-0.1, -0.05) is 41.4 Å². The first-order valence-corrected chi connectivity index (χ1v) is 12.5. The molecule has 0 atom stereocenters. The highest BCUT2D eigenvalue weighted by molar-refractivity contribution is 6.35. The summed E-state index contributed by atoms with van der Waals surface area (Å²) in [6.07, 6.45) is -2.66. The summed E-state index contributed by atoms with van der Waals surface area (Å²) in [4.78, 5) is 26.6. The van der Waals surface area contributed by atoms with Crippen molar-refractivity contribution in [3.63, 3.8) is 0 Å². The Morgan fingerprint density at radius 2 is 1.68 bits per heavy atom. The molecule has 0 bridgehead atoms. The molecule has 1 heterocycles. The van der Waals surface area contributed by atoms with E-state index in [0.717, 1.165) is 42.8 Å². The number of carbonyl (C=O) groups excluding carboxylic acids is 1. The van der Waals surface area contributed by atoms with E-state index in [-0.39, 0.29) is 18.1 Å². The predicted molar refractivity (Wildman–Crippen MR) is 137 cm³/mol. The van der Waals surface area contributed by atoms with E-state index in [0.29, 0.717) is 23.0 Å². The maximum atomic E-state index is 13.4. The van der Waals surface area contributed by atoms with Crippen LogP contribution in [0.2, 0.25) is 10.0 Å². The van der Waals surface area contributed by atoms with Crippen LogP contribution in [0.1, 0.15) is 37.8 Å². The van der Waals surface area contributed by atoms with E-state index in [9.17, 15) is 18.0 Å². The van der Waals surface area contributed by atoms with Gasteiger partial charge in [-0.3, -0.25) is 4.79 Å². The van der Waals surface area contributed by atoms with E-state index >= 15 is 0 Å². The Hall–Kier alpha value is -2.49. The monoisotopic (exact) mass is 562 g/mol. The third-order valence-electron chi connectivity index (χ3n) is 5.70. The Morgan fingerprint density at radius 3 is 2.16 bits per heavy atom. The average molecular weight is 563 g/mol. The highest BCUT2D eigenvalue weighted by atomic mass is 35.5. The van der Waals surface area contributed by atoms with E-state index in [4.69, 9.17) is 37.8 Å². The lowest BCUT2D eigenvalue weighted by Crippen LogP contribution is -2.46. The summed E-state index contributed by atoms with van der Waals surface area (Å²) in [7, 11) is 2.12. The predicted octanol–water partition coefficient (Wildman–Crippen LogP) is 6.08. The summed E-state index contributed by atoms with van der Waals surface area (Å²) in [6, 6.07) is 13.5. The second-order valence-electron chi connectivity index (χ2n) is 9.08. The highest BCUT2D eigenvalue weighted by Crippen LogP contribution is 2.26. The normalized spacial score (nSPS) is 14.6. The summed E-state index contributed by atoms with van der Waals surface area (Å²) < 4.78 is 37.4. The van der Waals surface area contributed by atoms with Gasteiger partial charge < -0.3 is 19.6 Å². The Balaban J connectivity index is 0.000000604. The summed E-state index contributed by atoms with van der Waals surface area (Å²) in [5.74, 6) is -1.82. The first-order chi connectivity index (χ1) is 17.3. The molecule has 1 fully saturated rings. The van der Waals surface area contributed by atoms with E-state index in [2.05, 4.69) is 11.9 Å². The molecule has 1 amide bonds. The minimum absolute atomic E-state index is 0.119. The molecule has 0 unspecified atom stereocenters. The molecule has 1 aliphatic rings. The fourth-order valence-electron chi connectivity index (χ4n) is 3.80. The number of carbonyl (C=O) groups is 2. The molecular formula is C26H31Cl2F3N2O4. The van der Waals surface area contributed by atoms with Crippen LogP contribution in [0.25, 0.3) is 0 Å². The van der Waals surface area contributed by atoms with Gasteiger partial charge in [0.15, 0.2) is 0 Å². The van der Waals surface area contributed by atoms with Crippen molar-refractivity contribution >= 4 is 35.1 Å². The molecule has 3 rings (SSSR count). The third kappa shape index (κ3) is 10.4. The molecule has 6 nitrogen and oxygen atoms in total. The van der Waals surface area contributed by atoms with Crippen molar-refractivity contribution in [2.45, 2.75) is 58.0 Å². The average Bonchev–Trinajstić information content (AvgIpc) is 2.80. The SMILES string of the molecule is CC(C)Oc1ccc(CC(=O)N(Cc2ccc(Cl)cc2Cl)C2CCN(C)CC2)cc1.O=C(O)C(F)(F)F. The van der Waals surface area contributed by atoms with Crippen LogP contribution in [0, 0.1) is 0 Å². The number of ether oxygens (including phenoxy) is 1. The number of alkyl halides is 3. The van der Waals surface area contributed by atoms with Gasteiger partial charge in [0.05, 0.1) is 12.5 Å². The number of carboxylic acid groups (broad SMARTS) is 1. The number of piperidine rings is 1. The third-order valence-corrected chi connectivity index (χ3v) is 6.28. The molecule has 37 heavy (non-hydrogen) atoms. The Kier molecular flexibility index (Phi) is 11.5. The van der Waals surface area contributed by atoms with Gasteiger partial charge in [-0.05, 0) is 82.2 Å². The Bertz CT molecular complexity index is 1040. The molecule has 0 aromatic heterocycles. The molecule has 204 valence electrons. The van der Waals surface area contributed by atoms with Crippen molar-refractivity contribution < 1.29 is 32.6 Å². The number of likely N-dealkylation sites (tertiary alicyclic amines) is 1. The van der Waals surface area contributed by atoms with Crippen LogP contribution in [0.4, 0.5) is 13.2 Å². The molecule has 0 spiro atoms. The van der Waals surface area contributed by atoms with Crippen LogP contribution in [-0.4, -0.2) is 65.2 Å². The summed E-state index contributed by atoms with van der Waals surface area (Å²) in [5, 5.41) is 8.33. The Morgan fingerprint density at radius 1 is 1.11 bits per heavy atom. The number of nitrogens with zero attached hydrogens (tertiary/aromatic N) is 2. The Labute approximate surface area is 224 Å². The molecule has 0 radical (unpaired) electrons. The number of aliphatic carboxylic acids is 1. The van der Waals surface area contributed by atoms with Crippen molar-refractivity contribution in [1.82, 2.24) is 9.80 Å². The smallest absolute Gasteiger partial charge is 0.490 e. The number of halogens is 5. The van der Waals surface area contributed by atoms with Crippen LogP contribution in [0.3, 0.4) is 0 Å². The molecule has 2 aromatic rings. The van der Waals surface area contributed by atoms with Crippen LogP contribution < -0.4 is 4.74 Å². The quantitative estimate of drug-likeness (QED) is 0.443. The first kappa shape index (κ1) is 30.7. The molecule has 2 aromatic carbocycles. The van der Waals surface area contributed by atoms with Gasteiger partial charge in [0, 0.05) is 22.6 Å². The lowest BCUT2D eigenvalue weighted by Gasteiger charge is -2.37. The fourth-order valence-corrected chi connectivity index (χ4v) is 4.26. The van der Waals surface area contributed by atoms with Crippen LogP contribution >= 0.6 is 23.2 Å². The summed E-state index contributed by atoms with van der Waals surface area (Å²) >= 11 is 12.5. The second-order valence-corrected chi connectivity index (χ2v) is 9.93. The van der Waals surface area contributed by atoms with Crippen molar-refractivity contribution in [3.05, 3.63) is 63.6 Å². The van der Waals surface area contributed by atoms with E-state index < -0.39 is 12.1 Å². The lowest BCUT2D eigenvalue weighted by molar-refractivity contribution is -0.192. The van der Waals surface area contributed by atoms with Gasteiger partial charge in [-0.2, -0.15) is 13.2 Å². The number of carboxylic acids is 1.